The zero-order valence-corrected chi connectivity index (χ0v) is 26.7. The van der Waals surface area contributed by atoms with Crippen LogP contribution in [0, 0.1) is 5.41 Å². The van der Waals surface area contributed by atoms with E-state index in [4.69, 9.17) is 9.47 Å². The maximum Gasteiger partial charge on any atom is 0.341 e. The highest BCUT2D eigenvalue weighted by Gasteiger charge is 2.31. The van der Waals surface area contributed by atoms with Gasteiger partial charge >= 0.3 is 5.97 Å². The Morgan fingerprint density at radius 3 is 2.70 bits per heavy atom. The molecule has 6 rings (SSSR count). The average Bonchev–Trinajstić information content (AvgIpc) is 3.68. The predicted octanol–water partition coefficient (Wildman–Crippen LogP) is 8.11. The topological polar surface area (TPSA) is 70.7 Å². The van der Waals surface area contributed by atoms with Gasteiger partial charge in [0.05, 0.1) is 13.3 Å². The number of benzene rings is 1. The van der Waals surface area contributed by atoms with Crippen molar-refractivity contribution in [1.29, 1.82) is 0 Å². The summed E-state index contributed by atoms with van der Waals surface area (Å²) in [5, 5.41) is 5.68. The number of piperazine rings is 1. The first kappa shape index (κ1) is 29.5. The Balaban J connectivity index is 1.18. The number of esters is 1. The van der Waals surface area contributed by atoms with Crippen LogP contribution < -0.4 is 9.64 Å². The van der Waals surface area contributed by atoms with Crippen molar-refractivity contribution in [3.63, 3.8) is 0 Å². The lowest BCUT2D eigenvalue weighted by Gasteiger charge is -2.39. The number of carbonyl (C=O) groups excluding carboxylic acids is 1. The van der Waals surface area contributed by atoms with Gasteiger partial charge < -0.3 is 19.4 Å². The molecule has 0 atom stereocenters. The van der Waals surface area contributed by atoms with Gasteiger partial charge in [0.25, 0.3) is 0 Å². The lowest BCUT2D eigenvalue weighted by molar-refractivity contribution is 0.0598. The molecule has 1 fully saturated rings. The van der Waals surface area contributed by atoms with Crippen LogP contribution in [0.15, 0.2) is 59.1 Å². The molecule has 0 unspecified atom stereocenters. The molecule has 1 aromatic carbocycles. The minimum absolute atomic E-state index is 0.341. The molecule has 7 nitrogen and oxygen atoms in total. The van der Waals surface area contributed by atoms with Gasteiger partial charge in [0.15, 0.2) is 0 Å². The number of aromatic nitrogens is 2. The summed E-state index contributed by atoms with van der Waals surface area (Å²) in [5.74, 6) is 1.16. The number of hydrogen-bond donors (Lipinski definition) is 1. The van der Waals surface area contributed by atoms with Crippen molar-refractivity contribution in [2.24, 2.45) is 5.41 Å². The molecule has 3 aromatic heterocycles. The maximum absolute atomic E-state index is 12.6. The van der Waals surface area contributed by atoms with Crippen LogP contribution in [0.5, 0.6) is 11.5 Å². The van der Waals surface area contributed by atoms with Crippen LogP contribution in [0.3, 0.4) is 0 Å². The molecular formula is C35H42N4O3S. The van der Waals surface area contributed by atoms with Crippen LogP contribution in [-0.4, -0.2) is 60.7 Å². The molecule has 1 N–H and O–H groups in total. The molecule has 4 heterocycles. The number of fused-ring (bicyclic) bond motifs is 1. The predicted molar refractivity (Wildman–Crippen MR) is 176 cm³/mol. The summed E-state index contributed by atoms with van der Waals surface area (Å²) < 4.78 is 11.3. The van der Waals surface area contributed by atoms with E-state index in [0.717, 1.165) is 55.9 Å². The first-order chi connectivity index (χ1) is 20.7. The molecule has 0 amide bonds. The minimum atomic E-state index is -0.423. The van der Waals surface area contributed by atoms with Gasteiger partial charge in [-0.15, -0.1) is 0 Å². The SMILES string of the molecule is COC(=O)c1ccc(N2CCN(CC3=C(c4cscc4C(C)C)CC(C)(C)CC3)CC2)cc1Oc1cnc2[nH]ccc2c1. The van der Waals surface area contributed by atoms with Crippen molar-refractivity contribution >= 4 is 39.6 Å². The van der Waals surface area contributed by atoms with Crippen molar-refractivity contribution in [3.05, 3.63) is 75.7 Å². The van der Waals surface area contributed by atoms with Crippen LogP contribution in [0.2, 0.25) is 0 Å². The van der Waals surface area contributed by atoms with Crippen molar-refractivity contribution in [2.75, 3.05) is 44.7 Å². The number of nitrogens with one attached hydrogen (secondary N) is 1. The molecule has 1 saturated heterocycles. The highest BCUT2D eigenvalue weighted by atomic mass is 32.1. The number of thiophene rings is 1. The van der Waals surface area contributed by atoms with Gasteiger partial charge in [-0.25, -0.2) is 9.78 Å². The average molecular weight is 599 g/mol. The number of nitrogens with zero attached hydrogens (tertiary/aromatic N) is 3. The second-order valence-corrected chi connectivity index (χ2v) is 13.7. The summed E-state index contributed by atoms with van der Waals surface area (Å²) in [6, 6.07) is 9.62. The highest BCUT2D eigenvalue weighted by molar-refractivity contribution is 7.08. The smallest absolute Gasteiger partial charge is 0.341 e. The van der Waals surface area contributed by atoms with Gasteiger partial charge in [0, 0.05) is 56.1 Å². The van der Waals surface area contributed by atoms with E-state index in [0.29, 0.717) is 28.4 Å². The number of ether oxygens (including phenoxy) is 2. The fourth-order valence-corrected chi connectivity index (χ4v) is 7.43. The minimum Gasteiger partial charge on any atom is -0.465 e. The Labute approximate surface area is 258 Å². The van der Waals surface area contributed by atoms with Crippen molar-refractivity contribution < 1.29 is 14.3 Å². The van der Waals surface area contributed by atoms with Crippen LogP contribution >= 0.6 is 11.3 Å². The third kappa shape index (κ3) is 6.36. The number of aromatic amines is 1. The molecule has 2 aliphatic rings. The summed E-state index contributed by atoms with van der Waals surface area (Å²) in [7, 11) is 1.39. The van der Waals surface area contributed by atoms with Gasteiger partial charge in [-0.05, 0) is 82.3 Å². The summed E-state index contributed by atoms with van der Waals surface area (Å²) in [6.07, 6.45) is 7.09. The van der Waals surface area contributed by atoms with E-state index < -0.39 is 5.97 Å². The van der Waals surface area contributed by atoms with Crippen LogP contribution in [0.4, 0.5) is 5.69 Å². The van der Waals surface area contributed by atoms with Gasteiger partial charge in [0.2, 0.25) is 0 Å². The molecule has 4 aromatic rings. The van der Waals surface area contributed by atoms with Gasteiger partial charge in [-0.2, -0.15) is 11.3 Å². The summed E-state index contributed by atoms with van der Waals surface area (Å²) in [5.41, 5.74) is 8.78. The second-order valence-electron chi connectivity index (χ2n) is 12.9. The fourth-order valence-electron chi connectivity index (χ4n) is 6.40. The van der Waals surface area contributed by atoms with Crippen molar-refractivity contribution in [3.8, 4) is 11.5 Å². The van der Waals surface area contributed by atoms with E-state index in [1.54, 1.807) is 23.4 Å². The molecule has 226 valence electrons. The Kier molecular flexibility index (Phi) is 8.34. The first-order valence-corrected chi connectivity index (χ1v) is 16.2. The molecule has 0 radical (unpaired) electrons. The largest absolute Gasteiger partial charge is 0.465 e. The number of methoxy groups -OCH3 is 1. The molecule has 1 aliphatic carbocycles. The standard InChI is InChI=1S/C35H42N4O3S/c1-23(2)30-21-43-22-31(30)29-18-35(3,4)10-8-25(29)20-38-12-14-39(15-13-38)26-6-7-28(34(40)41-5)32(17-26)42-27-16-24-9-11-36-33(24)37-19-27/h6-7,9,11,16-17,19,21-23H,8,10,12-15,18,20H2,1-5H3,(H,36,37). The Hall–Kier alpha value is -3.62. The maximum atomic E-state index is 12.6. The lowest BCUT2D eigenvalue weighted by atomic mass is 9.72. The lowest BCUT2D eigenvalue weighted by Crippen LogP contribution is -2.47. The Bertz CT molecular complexity index is 1640. The van der Waals surface area contributed by atoms with Crippen LogP contribution in [0.25, 0.3) is 16.6 Å². The highest BCUT2D eigenvalue weighted by Crippen LogP contribution is 2.45. The first-order valence-electron chi connectivity index (χ1n) is 15.3. The zero-order valence-electron chi connectivity index (χ0n) is 25.9. The molecule has 0 bridgehead atoms. The Morgan fingerprint density at radius 1 is 1.12 bits per heavy atom. The third-order valence-electron chi connectivity index (χ3n) is 8.95. The van der Waals surface area contributed by atoms with Crippen molar-refractivity contribution in [2.45, 2.75) is 52.9 Å². The van der Waals surface area contributed by atoms with E-state index in [1.807, 2.05) is 41.8 Å². The number of anilines is 1. The molecule has 0 saturated carbocycles. The van der Waals surface area contributed by atoms with Crippen LogP contribution in [-0.2, 0) is 4.74 Å². The molecule has 1 aliphatic heterocycles. The van der Waals surface area contributed by atoms with Gasteiger partial charge in [-0.3, -0.25) is 4.90 Å². The van der Waals surface area contributed by atoms with Crippen LogP contribution in [0.1, 0.15) is 74.4 Å². The van der Waals surface area contributed by atoms with Gasteiger partial charge in [0.1, 0.15) is 22.7 Å². The van der Waals surface area contributed by atoms with E-state index in [2.05, 4.69) is 58.2 Å². The molecule has 8 heteroatoms. The van der Waals surface area contributed by atoms with E-state index in [9.17, 15) is 4.79 Å². The number of rotatable bonds is 8. The number of allylic oxidation sites excluding steroid dienone is 1. The second kappa shape index (κ2) is 12.2. The van der Waals surface area contributed by atoms with E-state index >= 15 is 0 Å². The van der Waals surface area contributed by atoms with Gasteiger partial charge in [-0.1, -0.05) is 33.3 Å². The molecular weight excluding hydrogens is 556 g/mol. The van der Waals surface area contributed by atoms with E-state index in [1.165, 1.54) is 31.1 Å². The zero-order chi connectivity index (χ0) is 30.1. The Morgan fingerprint density at radius 2 is 1.93 bits per heavy atom. The number of hydrogen-bond acceptors (Lipinski definition) is 7. The number of H-pyrrole nitrogens is 1. The quantitative estimate of drug-likeness (QED) is 0.207. The van der Waals surface area contributed by atoms with E-state index in [-0.39, 0.29) is 0 Å². The third-order valence-corrected chi connectivity index (χ3v) is 9.71. The molecule has 0 spiro atoms. The normalized spacial score (nSPS) is 17.6. The summed E-state index contributed by atoms with van der Waals surface area (Å²) in [6.45, 7) is 14.3. The number of pyridine rings is 1. The number of carbonyl (C=O) groups is 1. The summed E-state index contributed by atoms with van der Waals surface area (Å²) in [4.78, 5) is 25.1. The molecule has 43 heavy (non-hydrogen) atoms. The fraction of sp³-hybridized carbons (Fsp3) is 0.429. The van der Waals surface area contributed by atoms with Crippen molar-refractivity contribution in [1.82, 2.24) is 14.9 Å². The summed E-state index contributed by atoms with van der Waals surface area (Å²) >= 11 is 1.84. The monoisotopic (exact) mass is 598 g/mol.